The first kappa shape index (κ1) is 10.7. The van der Waals surface area contributed by atoms with Crippen LogP contribution in [0.5, 0.6) is 0 Å². The molecule has 1 aromatic heterocycles. The van der Waals surface area contributed by atoms with Crippen molar-refractivity contribution in [3.05, 3.63) is 17.5 Å². The van der Waals surface area contributed by atoms with Crippen LogP contribution in [-0.2, 0) is 5.41 Å². The normalized spacial score (nSPS) is 17.5. The van der Waals surface area contributed by atoms with Gasteiger partial charge in [-0.15, -0.1) is 0 Å². The molecule has 15 heavy (non-hydrogen) atoms. The number of hydrogen-bond acceptors (Lipinski definition) is 1. The summed E-state index contributed by atoms with van der Waals surface area (Å²) in [4.78, 5) is 0. The molecule has 1 aliphatic rings. The van der Waals surface area contributed by atoms with E-state index in [1.54, 1.807) is 0 Å². The van der Waals surface area contributed by atoms with Crippen molar-refractivity contribution < 1.29 is 0 Å². The zero-order valence-corrected chi connectivity index (χ0v) is 10.5. The minimum Gasteiger partial charge on any atom is -0.270 e. The number of rotatable bonds is 2. The van der Waals surface area contributed by atoms with Crippen molar-refractivity contribution in [3.63, 3.8) is 0 Å². The van der Waals surface area contributed by atoms with Crippen LogP contribution in [0.1, 0.15) is 70.7 Å². The minimum absolute atomic E-state index is 0.179. The van der Waals surface area contributed by atoms with Gasteiger partial charge in [-0.3, -0.25) is 4.68 Å². The Balaban J connectivity index is 2.42. The van der Waals surface area contributed by atoms with E-state index in [-0.39, 0.29) is 5.41 Å². The minimum atomic E-state index is 0.179. The van der Waals surface area contributed by atoms with Gasteiger partial charge in [-0.2, -0.15) is 5.10 Å². The fraction of sp³-hybridized carbons (Fsp3) is 0.769. The number of aromatic nitrogens is 2. The van der Waals surface area contributed by atoms with Crippen LogP contribution in [0.4, 0.5) is 0 Å². The van der Waals surface area contributed by atoms with Gasteiger partial charge in [-0.05, 0) is 38.2 Å². The van der Waals surface area contributed by atoms with Crippen molar-refractivity contribution in [2.24, 2.45) is 0 Å². The summed E-state index contributed by atoms with van der Waals surface area (Å²) >= 11 is 0. The van der Waals surface area contributed by atoms with Gasteiger partial charge in [0.1, 0.15) is 0 Å². The lowest BCUT2D eigenvalue weighted by Gasteiger charge is -2.17. The maximum Gasteiger partial charge on any atom is 0.0712 e. The molecule has 2 nitrogen and oxygen atoms in total. The Morgan fingerprint density at radius 1 is 1.33 bits per heavy atom. The first-order chi connectivity index (χ1) is 6.89. The first-order valence-electron chi connectivity index (χ1n) is 5.99. The van der Waals surface area contributed by atoms with Gasteiger partial charge in [0.05, 0.1) is 5.69 Å². The molecule has 1 saturated carbocycles. The molecule has 0 aliphatic heterocycles. The van der Waals surface area contributed by atoms with Crippen molar-refractivity contribution in [1.29, 1.82) is 0 Å². The lowest BCUT2D eigenvalue weighted by molar-refractivity contribution is 0.494. The van der Waals surface area contributed by atoms with Gasteiger partial charge >= 0.3 is 0 Å². The fourth-order valence-electron chi connectivity index (χ4n) is 1.95. The summed E-state index contributed by atoms with van der Waals surface area (Å²) < 4.78 is 2.12. The molecule has 0 N–H and O–H groups in total. The van der Waals surface area contributed by atoms with E-state index in [1.807, 2.05) is 0 Å². The predicted molar refractivity (Wildman–Crippen MR) is 63.3 cm³/mol. The van der Waals surface area contributed by atoms with E-state index in [0.717, 1.165) is 5.92 Å². The van der Waals surface area contributed by atoms with Gasteiger partial charge in [-0.1, -0.05) is 20.8 Å². The van der Waals surface area contributed by atoms with Crippen molar-refractivity contribution in [1.82, 2.24) is 9.78 Å². The molecule has 0 radical (unpaired) electrons. The van der Waals surface area contributed by atoms with Gasteiger partial charge in [0.25, 0.3) is 0 Å². The molecule has 0 saturated heterocycles. The average Bonchev–Trinajstić information content (AvgIpc) is 2.81. The fourth-order valence-corrected chi connectivity index (χ4v) is 1.95. The summed E-state index contributed by atoms with van der Waals surface area (Å²) in [5.74, 6) is 0.798. The van der Waals surface area contributed by atoms with E-state index in [9.17, 15) is 0 Å². The van der Waals surface area contributed by atoms with E-state index in [4.69, 9.17) is 5.10 Å². The second kappa shape index (κ2) is 3.36. The Kier molecular flexibility index (Phi) is 2.40. The smallest absolute Gasteiger partial charge is 0.0712 e. The molecule has 0 bridgehead atoms. The van der Waals surface area contributed by atoms with Crippen LogP contribution in [-0.4, -0.2) is 9.78 Å². The highest BCUT2D eigenvalue weighted by Crippen LogP contribution is 2.44. The van der Waals surface area contributed by atoms with Crippen LogP contribution in [0.25, 0.3) is 0 Å². The highest BCUT2D eigenvalue weighted by Gasteiger charge is 2.32. The van der Waals surface area contributed by atoms with Gasteiger partial charge in [0.2, 0.25) is 0 Å². The lowest BCUT2D eigenvalue weighted by Crippen LogP contribution is -2.15. The molecule has 84 valence electrons. The zero-order chi connectivity index (χ0) is 11.2. The topological polar surface area (TPSA) is 17.8 Å². The molecule has 0 atom stereocenters. The largest absolute Gasteiger partial charge is 0.270 e. The van der Waals surface area contributed by atoms with Gasteiger partial charge < -0.3 is 0 Å². The van der Waals surface area contributed by atoms with Crippen LogP contribution in [0.15, 0.2) is 6.20 Å². The summed E-state index contributed by atoms with van der Waals surface area (Å²) in [7, 11) is 0. The molecule has 0 aromatic carbocycles. The van der Waals surface area contributed by atoms with Crippen LogP contribution < -0.4 is 0 Å². The molecule has 2 heteroatoms. The second-order valence-electron chi connectivity index (χ2n) is 6.03. The third-order valence-electron chi connectivity index (χ3n) is 3.02. The van der Waals surface area contributed by atoms with Gasteiger partial charge in [-0.25, -0.2) is 0 Å². The Morgan fingerprint density at radius 2 is 1.93 bits per heavy atom. The molecule has 1 fully saturated rings. The van der Waals surface area contributed by atoms with Crippen LogP contribution in [0, 0.1) is 0 Å². The molecular weight excluding hydrogens is 184 g/mol. The summed E-state index contributed by atoms with van der Waals surface area (Å²) in [6.45, 7) is 11.1. The molecule has 0 unspecified atom stereocenters. The average molecular weight is 206 g/mol. The summed E-state index contributed by atoms with van der Waals surface area (Å²) in [5.41, 5.74) is 2.98. The Bertz CT molecular complexity index is 351. The molecule has 0 spiro atoms. The summed E-state index contributed by atoms with van der Waals surface area (Å²) in [5, 5.41) is 4.76. The van der Waals surface area contributed by atoms with Gasteiger partial charge in [0, 0.05) is 17.7 Å². The van der Waals surface area contributed by atoms with E-state index in [0.29, 0.717) is 6.04 Å². The van der Waals surface area contributed by atoms with Crippen molar-refractivity contribution in [2.45, 2.75) is 64.8 Å². The monoisotopic (exact) mass is 206 g/mol. The van der Waals surface area contributed by atoms with Crippen molar-refractivity contribution in [2.75, 3.05) is 0 Å². The maximum absolute atomic E-state index is 4.76. The van der Waals surface area contributed by atoms with Crippen molar-refractivity contribution >= 4 is 0 Å². The highest BCUT2D eigenvalue weighted by atomic mass is 15.3. The Hall–Kier alpha value is -0.790. The lowest BCUT2D eigenvalue weighted by atomic mass is 9.88. The zero-order valence-electron chi connectivity index (χ0n) is 10.5. The van der Waals surface area contributed by atoms with E-state index in [2.05, 4.69) is 45.5 Å². The highest BCUT2D eigenvalue weighted by molar-refractivity contribution is 5.31. The van der Waals surface area contributed by atoms with E-state index < -0.39 is 0 Å². The standard InChI is InChI=1S/C13H22N2/c1-9(2)15-8-11(10-6-7-10)12(14-15)13(3,4)5/h8-10H,6-7H2,1-5H3. The molecule has 1 aliphatic carbocycles. The van der Waals surface area contributed by atoms with Crippen molar-refractivity contribution in [3.8, 4) is 0 Å². The van der Waals surface area contributed by atoms with Crippen LogP contribution in [0.2, 0.25) is 0 Å². The third kappa shape index (κ3) is 2.09. The SMILES string of the molecule is CC(C)n1cc(C2CC2)c(C(C)(C)C)n1. The second-order valence-corrected chi connectivity index (χ2v) is 6.03. The number of hydrogen-bond donors (Lipinski definition) is 0. The molecule has 1 heterocycles. The Labute approximate surface area is 92.7 Å². The Morgan fingerprint density at radius 3 is 2.33 bits per heavy atom. The van der Waals surface area contributed by atoms with E-state index >= 15 is 0 Å². The summed E-state index contributed by atoms with van der Waals surface area (Å²) in [6, 6.07) is 0.471. The molecule has 0 amide bonds. The van der Waals surface area contributed by atoms with E-state index in [1.165, 1.54) is 24.1 Å². The predicted octanol–water partition coefficient (Wildman–Crippen LogP) is 3.64. The molecule has 2 rings (SSSR count). The van der Waals surface area contributed by atoms with Crippen LogP contribution in [0.3, 0.4) is 0 Å². The molecule has 1 aromatic rings. The van der Waals surface area contributed by atoms with Crippen LogP contribution >= 0.6 is 0 Å². The maximum atomic E-state index is 4.76. The number of nitrogens with zero attached hydrogens (tertiary/aromatic N) is 2. The first-order valence-corrected chi connectivity index (χ1v) is 5.99. The summed E-state index contributed by atoms with van der Waals surface area (Å²) in [6.07, 6.45) is 4.97. The molecular formula is C13H22N2. The van der Waals surface area contributed by atoms with Gasteiger partial charge in [0.15, 0.2) is 0 Å². The quantitative estimate of drug-likeness (QED) is 0.722. The third-order valence-corrected chi connectivity index (χ3v) is 3.02.